The molecule has 5 rings (SSSR count). The maximum Gasteiger partial charge on any atom is 0.357 e. The first-order chi connectivity index (χ1) is 17.5. The summed E-state index contributed by atoms with van der Waals surface area (Å²) in [5, 5.41) is 18.6. The van der Waals surface area contributed by atoms with Crippen LogP contribution in [0.3, 0.4) is 0 Å². The van der Waals surface area contributed by atoms with Crippen LogP contribution in [0.25, 0.3) is 17.1 Å². The fraction of sp³-hybridized carbons (Fsp3) is 0.333. The van der Waals surface area contributed by atoms with Crippen molar-refractivity contribution in [2.24, 2.45) is 5.92 Å². The highest BCUT2D eigenvalue weighted by Crippen LogP contribution is 2.33. The number of carbonyl (C=O) groups is 1. The van der Waals surface area contributed by atoms with E-state index in [1.807, 2.05) is 37.3 Å². The molecule has 0 amide bonds. The Hall–Kier alpha value is -4.32. The van der Waals surface area contributed by atoms with Crippen molar-refractivity contribution in [2.45, 2.75) is 46.6 Å². The molecule has 0 radical (unpaired) electrons. The van der Waals surface area contributed by atoms with E-state index in [0.29, 0.717) is 35.1 Å². The molecule has 0 spiro atoms. The molecule has 1 saturated carbocycles. The van der Waals surface area contributed by atoms with E-state index in [9.17, 15) is 4.79 Å². The van der Waals surface area contributed by atoms with Crippen LogP contribution in [0.4, 0.5) is 0 Å². The van der Waals surface area contributed by atoms with Gasteiger partial charge in [0.05, 0.1) is 35.3 Å². The second-order valence-electron chi connectivity index (χ2n) is 9.08. The predicted molar refractivity (Wildman–Crippen MR) is 132 cm³/mol. The van der Waals surface area contributed by atoms with Gasteiger partial charge in [-0.15, -0.1) is 0 Å². The molecule has 1 aliphatic carbocycles. The zero-order chi connectivity index (χ0) is 25.2. The van der Waals surface area contributed by atoms with Crippen LogP contribution in [0.2, 0.25) is 0 Å². The fourth-order valence-corrected chi connectivity index (χ4v) is 4.28. The summed E-state index contributed by atoms with van der Waals surface area (Å²) in [5.41, 5.74) is 6.53. The highest BCUT2D eigenvalue weighted by molar-refractivity contribution is 5.88. The highest BCUT2D eigenvalue weighted by atomic mass is 16.5. The van der Waals surface area contributed by atoms with Crippen molar-refractivity contribution in [3.05, 3.63) is 76.6 Å². The molecule has 182 valence electrons. The number of aromatic nitrogens is 6. The van der Waals surface area contributed by atoms with E-state index in [4.69, 9.17) is 15.1 Å². The standard InChI is InChI=1S/C27H27N7O2/c1-4-36-27(35)24-11-17(2)31-34(24)25-13-22(29-16-30-25)12-23-18(3)26(32-33(23)15-20-5-6-20)21-9-7-19(14-28)8-10-21/h7-11,13,16,20H,4-6,12,15H2,1-3H3. The summed E-state index contributed by atoms with van der Waals surface area (Å²) in [7, 11) is 0. The highest BCUT2D eigenvalue weighted by Gasteiger charge is 2.26. The van der Waals surface area contributed by atoms with Crippen LogP contribution in [-0.4, -0.2) is 42.1 Å². The van der Waals surface area contributed by atoms with Crippen LogP contribution in [0, 0.1) is 31.1 Å². The summed E-state index contributed by atoms with van der Waals surface area (Å²) >= 11 is 0. The van der Waals surface area contributed by atoms with Crippen molar-refractivity contribution in [3.63, 3.8) is 0 Å². The Bertz CT molecular complexity index is 1460. The molecule has 9 nitrogen and oxygen atoms in total. The van der Waals surface area contributed by atoms with Crippen LogP contribution in [-0.2, 0) is 17.7 Å². The Morgan fingerprint density at radius 2 is 1.92 bits per heavy atom. The molecule has 0 atom stereocenters. The summed E-state index contributed by atoms with van der Waals surface area (Å²) in [5.74, 6) is 0.718. The van der Waals surface area contributed by atoms with Gasteiger partial charge in [0.15, 0.2) is 11.5 Å². The quantitative estimate of drug-likeness (QED) is 0.347. The zero-order valence-corrected chi connectivity index (χ0v) is 20.6. The van der Waals surface area contributed by atoms with Crippen LogP contribution in [0.1, 0.15) is 58.5 Å². The van der Waals surface area contributed by atoms with E-state index < -0.39 is 5.97 Å². The lowest BCUT2D eigenvalue weighted by atomic mass is 10.0. The molecule has 0 N–H and O–H groups in total. The van der Waals surface area contributed by atoms with Crippen LogP contribution in [0.5, 0.6) is 0 Å². The number of esters is 1. The summed E-state index contributed by atoms with van der Waals surface area (Å²) in [6, 6.07) is 13.2. The van der Waals surface area contributed by atoms with Gasteiger partial charge in [0.2, 0.25) is 0 Å². The normalized spacial score (nSPS) is 12.9. The summed E-state index contributed by atoms with van der Waals surface area (Å²) in [6.07, 6.45) is 4.50. The van der Waals surface area contributed by atoms with E-state index >= 15 is 0 Å². The molecule has 3 heterocycles. The van der Waals surface area contributed by atoms with E-state index in [1.54, 1.807) is 13.0 Å². The van der Waals surface area contributed by atoms with E-state index in [2.05, 4.69) is 32.7 Å². The number of hydrogen-bond donors (Lipinski definition) is 0. The molecule has 1 aromatic carbocycles. The zero-order valence-electron chi connectivity index (χ0n) is 20.6. The topological polar surface area (TPSA) is 112 Å². The van der Waals surface area contributed by atoms with Crippen LogP contribution in [0.15, 0.2) is 42.7 Å². The van der Waals surface area contributed by atoms with Gasteiger partial charge in [0, 0.05) is 30.3 Å². The Morgan fingerprint density at radius 1 is 1.14 bits per heavy atom. The number of carbonyl (C=O) groups excluding carboxylic acids is 1. The fourth-order valence-electron chi connectivity index (χ4n) is 4.28. The lowest BCUT2D eigenvalue weighted by molar-refractivity contribution is 0.0515. The molecule has 9 heteroatoms. The van der Waals surface area contributed by atoms with Gasteiger partial charge in [-0.1, -0.05) is 12.1 Å². The minimum absolute atomic E-state index is 0.282. The van der Waals surface area contributed by atoms with Gasteiger partial charge in [0.25, 0.3) is 0 Å². The van der Waals surface area contributed by atoms with Crippen molar-refractivity contribution in [3.8, 4) is 23.1 Å². The third kappa shape index (κ3) is 4.75. The number of hydrogen-bond acceptors (Lipinski definition) is 7. The Labute approximate surface area is 209 Å². The smallest absolute Gasteiger partial charge is 0.357 e. The van der Waals surface area contributed by atoms with Crippen LogP contribution >= 0.6 is 0 Å². The second-order valence-corrected chi connectivity index (χ2v) is 9.08. The number of ether oxygens (including phenoxy) is 1. The number of nitrogens with zero attached hydrogens (tertiary/aromatic N) is 7. The van der Waals surface area contributed by atoms with Gasteiger partial charge in [-0.25, -0.2) is 19.4 Å². The van der Waals surface area contributed by atoms with Gasteiger partial charge < -0.3 is 4.74 Å². The summed E-state index contributed by atoms with van der Waals surface area (Å²) < 4.78 is 8.80. The van der Waals surface area contributed by atoms with Crippen molar-refractivity contribution >= 4 is 5.97 Å². The van der Waals surface area contributed by atoms with E-state index in [1.165, 1.54) is 23.9 Å². The molecule has 36 heavy (non-hydrogen) atoms. The molecular formula is C27H27N7O2. The number of aryl methyl sites for hydroxylation is 1. The average Bonchev–Trinajstić information content (AvgIpc) is 3.54. The third-order valence-electron chi connectivity index (χ3n) is 6.33. The largest absolute Gasteiger partial charge is 0.461 e. The minimum atomic E-state index is -0.441. The molecule has 3 aromatic heterocycles. The predicted octanol–water partition coefficient (Wildman–Crippen LogP) is 4.19. The summed E-state index contributed by atoms with van der Waals surface area (Å²) in [6.45, 7) is 6.83. The number of rotatable bonds is 8. The molecule has 1 fully saturated rings. The number of nitriles is 1. The molecule has 0 bridgehead atoms. The molecule has 4 aromatic rings. The van der Waals surface area contributed by atoms with Gasteiger partial charge in [-0.2, -0.15) is 15.5 Å². The second kappa shape index (κ2) is 9.74. The molecular weight excluding hydrogens is 454 g/mol. The van der Waals surface area contributed by atoms with E-state index in [-0.39, 0.29) is 6.61 Å². The molecule has 0 saturated heterocycles. The van der Waals surface area contributed by atoms with Gasteiger partial charge in [0.1, 0.15) is 6.33 Å². The molecule has 0 aliphatic heterocycles. The SMILES string of the molecule is CCOC(=O)c1cc(C)nn1-c1cc(Cc2c(C)c(-c3ccc(C#N)cc3)nn2CC2CC2)ncn1. The first-order valence-electron chi connectivity index (χ1n) is 12.1. The Morgan fingerprint density at radius 3 is 2.61 bits per heavy atom. The van der Waals surface area contributed by atoms with E-state index in [0.717, 1.165) is 34.8 Å². The third-order valence-corrected chi connectivity index (χ3v) is 6.33. The maximum atomic E-state index is 12.4. The van der Waals surface area contributed by atoms with Crippen molar-refractivity contribution in [1.82, 2.24) is 29.5 Å². The lowest BCUT2D eigenvalue weighted by Gasteiger charge is -2.10. The van der Waals surface area contributed by atoms with Gasteiger partial charge >= 0.3 is 5.97 Å². The van der Waals surface area contributed by atoms with Crippen molar-refractivity contribution in [1.29, 1.82) is 5.26 Å². The van der Waals surface area contributed by atoms with Gasteiger partial charge in [-0.3, -0.25) is 4.68 Å². The lowest BCUT2D eigenvalue weighted by Crippen LogP contribution is -2.14. The molecule has 0 unspecified atom stereocenters. The average molecular weight is 482 g/mol. The first kappa shape index (κ1) is 23.4. The van der Waals surface area contributed by atoms with Gasteiger partial charge in [-0.05, 0) is 63.3 Å². The number of benzene rings is 1. The van der Waals surface area contributed by atoms with Crippen molar-refractivity contribution in [2.75, 3.05) is 6.61 Å². The maximum absolute atomic E-state index is 12.4. The Balaban J connectivity index is 1.50. The summed E-state index contributed by atoms with van der Waals surface area (Å²) in [4.78, 5) is 21.3. The monoisotopic (exact) mass is 481 g/mol. The van der Waals surface area contributed by atoms with Crippen molar-refractivity contribution < 1.29 is 9.53 Å². The molecule has 1 aliphatic rings. The van der Waals surface area contributed by atoms with Crippen LogP contribution < -0.4 is 0 Å². The first-order valence-corrected chi connectivity index (χ1v) is 12.1. The Kier molecular flexibility index (Phi) is 6.34. The minimum Gasteiger partial charge on any atom is -0.461 e.